The van der Waals surface area contributed by atoms with E-state index in [9.17, 15) is 4.79 Å². The molecule has 1 unspecified atom stereocenters. The van der Waals surface area contributed by atoms with E-state index >= 15 is 0 Å². The van der Waals surface area contributed by atoms with E-state index in [4.69, 9.17) is 4.74 Å². The molecule has 0 bridgehead atoms. The first-order valence-electron chi connectivity index (χ1n) is 7.98. The summed E-state index contributed by atoms with van der Waals surface area (Å²) in [5.41, 5.74) is 1.18. The molecule has 5 heteroatoms. The Balaban J connectivity index is 1.92. The highest BCUT2D eigenvalue weighted by Crippen LogP contribution is 2.23. The molecule has 0 saturated carbocycles. The Kier molecular flexibility index (Phi) is 5.66. The molecule has 0 aromatic heterocycles. The number of piperidine rings is 1. The van der Waals surface area contributed by atoms with Crippen molar-refractivity contribution in [3.05, 3.63) is 24.3 Å². The summed E-state index contributed by atoms with van der Waals surface area (Å²) < 4.78 is 5.30. The van der Waals surface area contributed by atoms with Gasteiger partial charge in [-0.3, -0.25) is 5.32 Å². The molecule has 1 heterocycles. The zero-order valence-corrected chi connectivity index (χ0v) is 13.7. The van der Waals surface area contributed by atoms with Gasteiger partial charge in [-0.15, -0.1) is 0 Å². The fourth-order valence-electron chi connectivity index (χ4n) is 2.51. The van der Waals surface area contributed by atoms with Crippen molar-refractivity contribution in [3.8, 4) is 0 Å². The Labute approximate surface area is 132 Å². The van der Waals surface area contributed by atoms with Gasteiger partial charge in [0.1, 0.15) is 5.60 Å². The minimum atomic E-state index is -0.500. The van der Waals surface area contributed by atoms with E-state index in [0.29, 0.717) is 5.92 Å². The van der Waals surface area contributed by atoms with Crippen LogP contribution in [0.1, 0.15) is 33.6 Å². The van der Waals surface area contributed by atoms with Crippen molar-refractivity contribution in [1.82, 2.24) is 5.32 Å². The summed E-state index contributed by atoms with van der Waals surface area (Å²) in [4.78, 5) is 11.9. The molecule has 1 saturated heterocycles. The van der Waals surface area contributed by atoms with Gasteiger partial charge in [0.05, 0.1) is 11.4 Å². The third-order valence-electron chi connectivity index (χ3n) is 3.54. The first-order chi connectivity index (χ1) is 10.4. The Morgan fingerprint density at radius 2 is 2.05 bits per heavy atom. The van der Waals surface area contributed by atoms with Crippen molar-refractivity contribution in [3.63, 3.8) is 0 Å². The van der Waals surface area contributed by atoms with Crippen LogP contribution in [0.2, 0.25) is 0 Å². The largest absolute Gasteiger partial charge is 0.444 e. The van der Waals surface area contributed by atoms with E-state index in [2.05, 4.69) is 16.0 Å². The summed E-state index contributed by atoms with van der Waals surface area (Å²) in [5.74, 6) is 0.628. The quantitative estimate of drug-likeness (QED) is 0.797. The maximum absolute atomic E-state index is 11.9. The average Bonchev–Trinajstić information content (AvgIpc) is 2.45. The molecule has 1 aliphatic heterocycles. The molecule has 1 fully saturated rings. The van der Waals surface area contributed by atoms with Crippen molar-refractivity contribution < 1.29 is 9.53 Å². The number of ether oxygens (including phenoxy) is 1. The summed E-state index contributed by atoms with van der Waals surface area (Å²) in [6.07, 6.45) is 2.03. The number of para-hydroxylation sites is 2. The van der Waals surface area contributed by atoms with Crippen LogP contribution in [-0.2, 0) is 4.74 Å². The third-order valence-corrected chi connectivity index (χ3v) is 3.54. The molecule has 1 aromatic carbocycles. The highest BCUT2D eigenvalue weighted by atomic mass is 16.6. The van der Waals surface area contributed by atoms with Gasteiger partial charge in [-0.25, -0.2) is 4.79 Å². The van der Waals surface area contributed by atoms with E-state index in [1.807, 2.05) is 45.0 Å². The first kappa shape index (κ1) is 16.6. The Morgan fingerprint density at radius 1 is 1.32 bits per heavy atom. The van der Waals surface area contributed by atoms with Crippen LogP contribution in [0.25, 0.3) is 0 Å². The molecular formula is C17H27N3O2. The minimum Gasteiger partial charge on any atom is -0.444 e. The molecule has 22 heavy (non-hydrogen) atoms. The van der Waals surface area contributed by atoms with Gasteiger partial charge < -0.3 is 15.4 Å². The monoisotopic (exact) mass is 305 g/mol. The van der Waals surface area contributed by atoms with E-state index < -0.39 is 11.7 Å². The number of rotatable bonds is 4. The second kappa shape index (κ2) is 7.49. The number of benzene rings is 1. The van der Waals surface area contributed by atoms with Gasteiger partial charge in [0.25, 0.3) is 0 Å². The van der Waals surface area contributed by atoms with E-state index in [0.717, 1.165) is 31.0 Å². The maximum atomic E-state index is 11.9. The van der Waals surface area contributed by atoms with Gasteiger partial charge in [-0.05, 0) is 64.8 Å². The molecule has 3 N–H and O–H groups in total. The predicted molar refractivity (Wildman–Crippen MR) is 90.4 cm³/mol. The lowest BCUT2D eigenvalue weighted by atomic mass is 9.99. The second-order valence-electron chi connectivity index (χ2n) is 6.77. The zero-order chi connectivity index (χ0) is 16.0. The summed E-state index contributed by atoms with van der Waals surface area (Å²) in [5, 5.41) is 9.67. The second-order valence-corrected chi connectivity index (χ2v) is 6.77. The SMILES string of the molecule is CC(C)(C)OC(=O)Nc1ccccc1NCC1CCCNC1. The van der Waals surface area contributed by atoms with Gasteiger partial charge in [-0.1, -0.05) is 12.1 Å². The number of anilines is 2. The lowest BCUT2D eigenvalue weighted by Crippen LogP contribution is -2.33. The van der Waals surface area contributed by atoms with E-state index in [-0.39, 0.29) is 0 Å². The Hall–Kier alpha value is -1.75. The lowest BCUT2D eigenvalue weighted by molar-refractivity contribution is 0.0636. The Morgan fingerprint density at radius 3 is 2.68 bits per heavy atom. The van der Waals surface area contributed by atoms with E-state index in [1.54, 1.807) is 0 Å². The van der Waals surface area contributed by atoms with Crippen LogP contribution >= 0.6 is 0 Å². The molecule has 1 amide bonds. The highest BCUT2D eigenvalue weighted by molar-refractivity contribution is 5.89. The maximum Gasteiger partial charge on any atom is 0.412 e. The fraction of sp³-hybridized carbons (Fsp3) is 0.588. The van der Waals surface area contributed by atoms with Crippen molar-refractivity contribution in [2.75, 3.05) is 30.3 Å². The predicted octanol–water partition coefficient (Wildman–Crippen LogP) is 3.45. The number of carbonyl (C=O) groups is 1. The number of hydrogen-bond acceptors (Lipinski definition) is 4. The van der Waals surface area contributed by atoms with Crippen LogP contribution in [0.4, 0.5) is 16.2 Å². The van der Waals surface area contributed by atoms with Crippen molar-refractivity contribution in [1.29, 1.82) is 0 Å². The zero-order valence-electron chi connectivity index (χ0n) is 13.7. The van der Waals surface area contributed by atoms with Gasteiger partial charge in [-0.2, -0.15) is 0 Å². The molecule has 0 aliphatic carbocycles. The number of carbonyl (C=O) groups excluding carboxylic acids is 1. The summed E-state index contributed by atoms with van der Waals surface area (Å²) in [6.45, 7) is 8.63. The summed E-state index contributed by atoms with van der Waals surface area (Å²) in [6, 6.07) is 7.72. The Bertz CT molecular complexity index is 491. The van der Waals surface area contributed by atoms with Gasteiger partial charge >= 0.3 is 6.09 Å². The number of nitrogens with one attached hydrogen (secondary N) is 3. The van der Waals surface area contributed by atoms with Crippen LogP contribution < -0.4 is 16.0 Å². The van der Waals surface area contributed by atoms with Crippen LogP contribution in [-0.4, -0.2) is 31.3 Å². The average molecular weight is 305 g/mol. The van der Waals surface area contributed by atoms with Crippen LogP contribution in [0.3, 0.4) is 0 Å². The summed E-state index contributed by atoms with van der Waals surface area (Å²) >= 11 is 0. The van der Waals surface area contributed by atoms with Gasteiger partial charge in [0.2, 0.25) is 0 Å². The normalized spacial score (nSPS) is 18.6. The summed E-state index contributed by atoms with van der Waals surface area (Å²) in [7, 11) is 0. The molecule has 2 rings (SSSR count). The lowest BCUT2D eigenvalue weighted by Gasteiger charge is -2.24. The molecular weight excluding hydrogens is 278 g/mol. The topological polar surface area (TPSA) is 62.4 Å². The van der Waals surface area contributed by atoms with Gasteiger partial charge in [0, 0.05) is 6.54 Å². The number of amides is 1. The number of hydrogen-bond donors (Lipinski definition) is 3. The molecule has 1 aliphatic rings. The molecule has 0 radical (unpaired) electrons. The molecule has 1 aromatic rings. The van der Waals surface area contributed by atoms with Crippen molar-refractivity contribution in [2.24, 2.45) is 5.92 Å². The van der Waals surface area contributed by atoms with Crippen molar-refractivity contribution in [2.45, 2.75) is 39.2 Å². The molecule has 0 spiro atoms. The molecule has 122 valence electrons. The first-order valence-corrected chi connectivity index (χ1v) is 7.98. The van der Waals surface area contributed by atoms with Gasteiger partial charge in [0.15, 0.2) is 0 Å². The standard InChI is InChI=1S/C17H27N3O2/c1-17(2,3)22-16(21)20-15-9-5-4-8-14(15)19-12-13-7-6-10-18-11-13/h4-5,8-9,13,18-19H,6-7,10-12H2,1-3H3,(H,20,21). The molecule has 1 atom stereocenters. The minimum absolute atomic E-state index is 0.430. The van der Waals surface area contributed by atoms with E-state index in [1.165, 1.54) is 12.8 Å². The van der Waals surface area contributed by atoms with Crippen LogP contribution in [0.5, 0.6) is 0 Å². The van der Waals surface area contributed by atoms with Crippen LogP contribution in [0.15, 0.2) is 24.3 Å². The highest BCUT2D eigenvalue weighted by Gasteiger charge is 2.17. The van der Waals surface area contributed by atoms with Crippen molar-refractivity contribution >= 4 is 17.5 Å². The third kappa shape index (κ3) is 5.56. The smallest absolute Gasteiger partial charge is 0.412 e. The molecule has 5 nitrogen and oxygen atoms in total. The van der Waals surface area contributed by atoms with Crippen LogP contribution in [0, 0.1) is 5.92 Å². The fourth-order valence-corrected chi connectivity index (χ4v) is 2.51.